The molecule has 54 valence electrons. The summed E-state index contributed by atoms with van der Waals surface area (Å²) in [5, 5.41) is 0. The Hall–Kier alpha value is -0.760. The third kappa shape index (κ3) is 1.39. The Bertz CT molecular complexity index is 235. The molecule has 10 heavy (non-hydrogen) atoms. The number of nitrogens with zero attached hydrogens (tertiary/aromatic N) is 1. The van der Waals surface area contributed by atoms with E-state index in [1.165, 1.54) is 0 Å². The normalized spacial score (nSPS) is 9.80. The number of hydrogen-bond acceptors (Lipinski definition) is 2. The molecular weight excluding hydrogens is 148 g/mol. The lowest BCUT2D eigenvalue weighted by Gasteiger charge is -1.99. The molecule has 0 saturated heterocycles. The van der Waals surface area contributed by atoms with E-state index >= 15 is 0 Å². The summed E-state index contributed by atoms with van der Waals surface area (Å²) in [7, 11) is 0. The Morgan fingerprint density at radius 1 is 1.70 bits per heavy atom. The monoisotopic (exact) mass is 156 g/mol. The molecule has 0 aliphatic heterocycles. The zero-order chi connectivity index (χ0) is 7.56. The second kappa shape index (κ2) is 2.88. The molecule has 3 heteroatoms. The maximum Gasteiger partial charge on any atom is 0.127 e. The van der Waals surface area contributed by atoms with Crippen molar-refractivity contribution in [3.63, 3.8) is 0 Å². The van der Waals surface area contributed by atoms with Gasteiger partial charge in [-0.25, -0.2) is 4.98 Å². The SMILES string of the molecule is Cc1cnc(N)c(CCl)c1. The van der Waals surface area contributed by atoms with Crippen molar-refractivity contribution in [3.05, 3.63) is 23.4 Å². The second-order valence-electron chi connectivity index (χ2n) is 2.19. The lowest BCUT2D eigenvalue weighted by atomic mass is 10.2. The third-order valence-electron chi connectivity index (χ3n) is 1.28. The van der Waals surface area contributed by atoms with Gasteiger partial charge in [0, 0.05) is 11.8 Å². The van der Waals surface area contributed by atoms with Crippen LogP contribution < -0.4 is 5.73 Å². The van der Waals surface area contributed by atoms with Crippen LogP contribution >= 0.6 is 11.6 Å². The number of hydrogen-bond donors (Lipinski definition) is 1. The average molecular weight is 157 g/mol. The predicted octanol–water partition coefficient (Wildman–Crippen LogP) is 1.71. The van der Waals surface area contributed by atoms with E-state index in [0.717, 1.165) is 11.1 Å². The molecule has 0 aliphatic carbocycles. The molecular formula is C7H9ClN2. The van der Waals surface area contributed by atoms with Crippen LogP contribution in [0.25, 0.3) is 0 Å². The number of halogens is 1. The van der Waals surface area contributed by atoms with E-state index in [1.807, 2.05) is 13.0 Å². The molecule has 0 amide bonds. The molecule has 0 unspecified atom stereocenters. The summed E-state index contributed by atoms with van der Waals surface area (Å²) < 4.78 is 0. The first-order chi connectivity index (χ1) is 4.74. The van der Waals surface area contributed by atoms with Gasteiger partial charge in [-0.05, 0) is 18.6 Å². The zero-order valence-electron chi connectivity index (χ0n) is 5.76. The van der Waals surface area contributed by atoms with Gasteiger partial charge in [-0.15, -0.1) is 11.6 Å². The van der Waals surface area contributed by atoms with Crippen molar-refractivity contribution < 1.29 is 0 Å². The molecule has 0 bridgehead atoms. The number of alkyl halides is 1. The Labute approximate surface area is 65.0 Å². The zero-order valence-corrected chi connectivity index (χ0v) is 6.52. The average Bonchev–Trinajstić information content (AvgIpc) is 1.94. The fourth-order valence-electron chi connectivity index (χ4n) is 0.747. The van der Waals surface area contributed by atoms with Gasteiger partial charge in [0.1, 0.15) is 5.82 Å². The molecule has 0 saturated carbocycles. The number of anilines is 1. The highest BCUT2D eigenvalue weighted by Crippen LogP contribution is 2.11. The summed E-state index contributed by atoms with van der Waals surface area (Å²) in [6, 6.07) is 1.94. The molecule has 0 aliphatic rings. The molecule has 1 heterocycles. The van der Waals surface area contributed by atoms with E-state index < -0.39 is 0 Å². The van der Waals surface area contributed by atoms with Crippen molar-refractivity contribution >= 4 is 17.4 Å². The molecule has 0 radical (unpaired) electrons. The summed E-state index contributed by atoms with van der Waals surface area (Å²) in [6.07, 6.45) is 1.73. The Balaban J connectivity index is 3.09. The minimum absolute atomic E-state index is 0.431. The standard InChI is InChI=1S/C7H9ClN2/c1-5-2-6(3-8)7(9)10-4-5/h2,4H,3H2,1H3,(H2,9,10). The van der Waals surface area contributed by atoms with Crippen LogP contribution in [0.15, 0.2) is 12.3 Å². The van der Waals surface area contributed by atoms with Gasteiger partial charge < -0.3 is 5.73 Å². The van der Waals surface area contributed by atoms with Crippen LogP contribution in [0.5, 0.6) is 0 Å². The van der Waals surface area contributed by atoms with Crippen LogP contribution in [-0.4, -0.2) is 4.98 Å². The van der Waals surface area contributed by atoms with E-state index in [4.69, 9.17) is 17.3 Å². The molecule has 1 rings (SSSR count). The summed E-state index contributed by atoms with van der Waals surface area (Å²) in [4.78, 5) is 3.94. The molecule has 2 nitrogen and oxygen atoms in total. The van der Waals surface area contributed by atoms with Crippen molar-refractivity contribution in [1.29, 1.82) is 0 Å². The van der Waals surface area contributed by atoms with Crippen LogP contribution in [0.2, 0.25) is 0 Å². The van der Waals surface area contributed by atoms with Crippen LogP contribution in [0.1, 0.15) is 11.1 Å². The lowest BCUT2D eigenvalue weighted by molar-refractivity contribution is 1.21. The summed E-state index contributed by atoms with van der Waals surface area (Å²) in [5.41, 5.74) is 7.50. The van der Waals surface area contributed by atoms with Crippen molar-refractivity contribution in [2.24, 2.45) is 0 Å². The fourth-order valence-corrected chi connectivity index (χ4v) is 0.961. The van der Waals surface area contributed by atoms with E-state index in [2.05, 4.69) is 4.98 Å². The number of aromatic nitrogens is 1. The highest BCUT2D eigenvalue weighted by Gasteiger charge is 1.96. The van der Waals surface area contributed by atoms with E-state index in [1.54, 1.807) is 6.20 Å². The molecule has 2 N–H and O–H groups in total. The first-order valence-electron chi connectivity index (χ1n) is 3.01. The molecule has 1 aromatic heterocycles. The maximum absolute atomic E-state index is 5.58. The molecule has 0 fully saturated rings. The van der Waals surface area contributed by atoms with Gasteiger partial charge in [0.2, 0.25) is 0 Å². The topological polar surface area (TPSA) is 38.9 Å². The van der Waals surface area contributed by atoms with E-state index in [9.17, 15) is 0 Å². The van der Waals surface area contributed by atoms with Crippen molar-refractivity contribution in [1.82, 2.24) is 4.98 Å². The summed E-state index contributed by atoms with van der Waals surface area (Å²) in [5.74, 6) is 0.959. The van der Waals surface area contributed by atoms with Crippen LogP contribution in [0.4, 0.5) is 5.82 Å². The minimum atomic E-state index is 0.431. The highest BCUT2D eigenvalue weighted by atomic mass is 35.5. The molecule has 1 aromatic rings. The Morgan fingerprint density at radius 3 is 2.90 bits per heavy atom. The largest absolute Gasteiger partial charge is 0.383 e. The fraction of sp³-hybridized carbons (Fsp3) is 0.286. The lowest BCUT2D eigenvalue weighted by Crippen LogP contribution is -1.95. The predicted molar refractivity (Wildman–Crippen MR) is 42.9 cm³/mol. The van der Waals surface area contributed by atoms with Crippen LogP contribution in [0.3, 0.4) is 0 Å². The number of nitrogen functional groups attached to an aromatic ring is 1. The minimum Gasteiger partial charge on any atom is -0.383 e. The smallest absolute Gasteiger partial charge is 0.127 e. The van der Waals surface area contributed by atoms with Crippen molar-refractivity contribution in [3.8, 4) is 0 Å². The molecule has 0 atom stereocenters. The van der Waals surface area contributed by atoms with E-state index in [0.29, 0.717) is 11.7 Å². The van der Waals surface area contributed by atoms with Gasteiger partial charge in [0.05, 0.1) is 5.88 Å². The van der Waals surface area contributed by atoms with Gasteiger partial charge in [0.25, 0.3) is 0 Å². The van der Waals surface area contributed by atoms with Gasteiger partial charge in [-0.2, -0.15) is 0 Å². The van der Waals surface area contributed by atoms with Crippen LogP contribution in [0, 0.1) is 6.92 Å². The summed E-state index contributed by atoms with van der Waals surface area (Å²) >= 11 is 5.58. The van der Waals surface area contributed by atoms with Crippen LogP contribution in [-0.2, 0) is 5.88 Å². The molecule has 0 aromatic carbocycles. The number of nitrogens with two attached hydrogens (primary N) is 1. The summed E-state index contributed by atoms with van der Waals surface area (Å²) in [6.45, 7) is 1.96. The van der Waals surface area contributed by atoms with Gasteiger partial charge >= 0.3 is 0 Å². The third-order valence-corrected chi connectivity index (χ3v) is 1.57. The van der Waals surface area contributed by atoms with Gasteiger partial charge in [-0.3, -0.25) is 0 Å². The van der Waals surface area contributed by atoms with Gasteiger partial charge in [-0.1, -0.05) is 0 Å². The van der Waals surface area contributed by atoms with Crippen molar-refractivity contribution in [2.45, 2.75) is 12.8 Å². The molecule has 0 spiro atoms. The number of pyridine rings is 1. The first-order valence-corrected chi connectivity index (χ1v) is 3.54. The quantitative estimate of drug-likeness (QED) is 0.629. The number of aryl methyl sites for hydroxylation is 1. The van der Waals surface area contributed by atoms with E-state index in [-0.39, 0.29) is 0 Å². The Morgan fingerprint density at radius 2 is 2.40 bits per heavy atom. The highest BCUT2D eigenvalue weighted by molar-refractivity contribution is 6.17. The second-order valence-corrected chi connectivity index (χ2v) is 2.46. The maximum atomic E-state index is 5.58. The number of rotatable bonds is 1. The van der Waals surface area contributed by atoms with Gasteiger partial charge in [0.15, 0.2) is 0 Å². The Kier molecular flexibility index (Phi) is 2.12. The van der Waals surface area contributed by atoms with Crippen molar-refractivity contribution in [2.75, 3.05) is 5.73 Å². The first kappa shape index (κ1) is 7.35.